The molecule has 0 spiro atoms. The fourth-order valence-corrected chi connectivity index (χ4v) is 5.60. The van der Waals surface area contributed by atoms with Crippen LogP contribution in [0.5, 0.6) is 11.5 Å². The van der Waals surface area contributed by atoms with Crippen LogP contribution in [-0.4, -0.2) is 25.8 Å². The second-order valence-electron chi connectivity index (χ2n) is 10.1. The quantitative estimate of drug-likeness (QED) is 0.0646. The minimum atomic E-state index is -0.0196. The fourth-order valence-electron chi connectivity index (χ4n) is 4.68. The number of hydrogen-bond acceptors (Lipinski definition) is 4. The summed E-state index contributed by atoms with van der Waals surface area (Å²) in [6.45, 7) is 2.29. The van der Waals surface area contributed by atoms with Crippen molar-refractivity contribution >= 4 is 23.6 Å². The van der Waals surface area contributed by atoms with Crippen LogP contribution in [0, 0.1) is 0 Å². The lowest BCUT2D eigenvalue weighted by Crippen LogP contribution is -1.95. The molecule has 2 rings (SSSR count). The van der Waals surface area contributed by atoms with E-state index in [1.54, 1.807) is 26.4 Å². The number of allylic oxidation sites excluding steroid dienone is 1. The largest absolute Gasteiger partial charge is 0.493 e. The molecule has 0 radical (unpaired) electrons. The molecule has 4 heteroatoms. The number of ketones is 1. The molecule has 210 valence electrons. The van der Waals surface area contributed by atoms with Crippen molar-refractivity contribution in [2.75, 3.05) is 20.0 Å². The molecule has 0 aliphatic carbocycles. The Morgan fingerprint density at radius 1 is 0.711 bits per heavy atom. The molecule has 0 saturated carbocycles. The number of carbonyl (C=O) groups is 1. The predicted molar refractivity (Wildman–Crippen MR) is 165 cm³/mol. The smallest absolute Gasteiger partial charge is 0.185 e. The van der Waals surface area contributed by atoms with E-state index in [-0.39, 0.29) is 5.78 Å². The van der Waals surface area contributed by atoms with E-state index in [2.05, 4.69) is 19.1 Å². The Morgan fingerprint density at radius 3 is 1.79 bits per heavy atom. The summed E-state index contributed by atoms with van der Waals surface area (Å²) in [6.07, 6.45) is 24.3. The van der Waals surface area contributed by atoms with Crippen molar-refractivity contribution in [2.45, 2.75) is 108 Å². The molecule has 0 bridgehead atoms. The molecule has 0 unspecified atom stereocenters. The topological polar surface area (TPSA) is 35.5 Å². The average molecular weight is 539 g/mol. The van der Waals surface area contributed by atoms with Crippen molar-refractivity contribution in [2.24, 2.45) is 0 Å². The van der Waals surface area contributed by atoms with Gasteiger partial charge in [0.15, 0.2) is 17.3 Å². The van der Waals surface area contributed by atoms with E-state index >= 15 is 0 Å². The van der Waals surface area contributed by atoms with Crippen LogP contribution >= 0.6 is 11.8 Å². The standard InChI is InChI=1S/C34H50O3S/c1-4-5-6-7-8-9-10-11-12-13-14-15-16-17-18-28-38-31-25-22-29(23-26-31)32(35)27-24-30-20-19-21-33(36-2)34(30)37-3/h19-27H,4-18,28H2,1-3H3/b27-24+. The van der Waals surface area contributed by atoms with Gasteiger partial charge in [0, 0.05) is 16.0 Å². The zero-order valence-electron chi connectivity index (χ0n) is 24.1. The van der Waals surface area contributed by atoms with Gasteiger partial charge in [0.1, 0.15) is 0 Å². The van der Waals surface area contributed by atoms with Crippen molar-refractivity contribution in [1.29, 1.82) is 0 Å². The van der Waals surface area contributed by atoms with Crippen molar-refractivity contribution in [1.82, 2.24) is 0 Å². The highest BCUT2D eigenvalue weighted by molar-refractivity contribution is 7.99. The summed E-state index contributed by atoms with van der Waals surface area (Å²) >= 11 is 1.89. The van der Waals surface area contributed by atoms with Crippen LogP contribution in [0.2, 0.25) is 0 Å². The summed E-state index contributed by atoms with van der Waals surface area (Å²) in [5, 5.41) is 0. The summed E-state index contributed by atoms with van der Waals surface area (Å²) in [5.74, 6) is 2.40. The summed E-state index contributed by atoms with van der Waals surface area (Å²) in [4.78, 5) is 13.9. The van der Waals surface area contributed by atoms with Gasteiger partial charge in [0.25, 0.3) is 0 Å². The molecule has 0 N–H and O–H groups in total. The molecule has 2 aromatic carbocycles. The third-order valence-corrected chi connectivity index (χ3v) is 8.10. The Kier molecular flexibility index (Phi) is 17.5. The molecule has 0 aliphatic rings. The molecule has 0 saturated heterocycles. The highest BCUT2D eigenvalue weighted by Gasteiger charge is 2.08. The fraction of sp³-hybridized carbons (Fsp3) is 0.559. The van der Waals surface area contributed by atoms with Crippen LogP contribution in [0.4, 0.5) is 0 Å². The summed E-state index contributed by atoms with van der Waals surface area (Å²) in [7, 11) is 3.21. The molecule has 0 heterocycles. The maximum Gasteiger partial charge on any atom is 0.185 e. The van der Waals surface area contributed by atoms with Crippen molar-refractivity contribution < 1.29 is 14.3 Å². The Balaban J connectivity index is 1.53. The van der Waals surface area contributed by atoms with Gasteiger partial charge >= 0.3 is 0 Å². The van der Waals surface area contributed by atoms with Gasteiger partial charge in [-0.05, 0) is 54.7 Å². The lowest BCUT2D eigenvalue weighted by atomic mass is 10.0. The van der Waals surface area contributed by atoms with Gasteiger partial charge in [-0.1, -0.05) is 109 Å². The first-order valence-corrected chi connectivity index (χ1v) is 15.8. The van der Waals surface area contributed by atoms with Crippen molar-refractivity contribution in [3.63, 3.8) is 0 Å². The molecular formula is C34H50O3S. The number of ether oxygens (including phenoxy) is 2. The third kappa shape index (κ3) is 13.0. The molecule has 0 aromatic heterocycles. The zero-order chi connectivity index (χ0) is 27.3. The number of unbranched alkanes of at least 4 members (excludes halogenated alkanes) is 14. The van der Waals surface area contributed by atoms with Crippen molar-refractivity contribution in [3.05, 3.63) is 59.7 Å². The Bertz CT molecular complexity index is 920. The minimum absolute atomic E-state index is 0.0196. The van der Waals surface area contributed by atoms with E-state index < -0.39 is 0 Å². The van der Waals surface area contributed by atoms with Crippen LogP contribution in [0.25, 0.3) is 6.08 Å². The zero-order valence-corrected chi connectivity index (χ0v) is 25.0. The normalized spacial score (nSPS) is 11.2. The maximum atomic E-state index is 12.6. The van der Waals surface area contributed by atoms with Gasteiger partial charge in [-0.2, -0.15) is 0 Å². The number of para-hydroxylation sites is 1. The van der Waals surface area contributed by atoms with E-state index in [4.69, 9.17) is 9.47 Å². The molecule has 38 heavy (non-hydrogen) atoms. The van der Waals surface area contributed by atoms with E-state index in [9.17, 15) is 4.79 Å². The van der Waals surface area contributed by atoms with Gasteiger partial charge in [0.2, 0.25) is 0 Å². The third-order valence-electron chi connectivity index (χ3n) is 7.00. The van der Waals surface area contributed by atoms with Gasteiger partial charge in [-0.15, -0.1) is 11.8 Å². The van der Waals surface area contributed by atoms with Crippen LogP contribution in [0.3, 0.4) is 0 Å². The highest BCUT2D eigenvalue weighted by Crippen LogP contribution is 2.31. The maximum absolute atomic E-state index is 12.6. The van der Waals surface area contributed by atoms with E-state index in [1.807, 2.05) is 42.1 Å². The number of thioether (sulfide) groups is 1. The molecule has 0 aliphatic heterocycles. The van der Waals surface area contributed by atoms with Gasteiger partial charge < -0.3 is 9.47 Å². The van der Waals surface area contributed by atoms with Crippen LogP contribution in [0.1, 0.15) is 119 Å². The average Bonchev–Trinajstić information content (AvgIpc) is 2.95. The van der Waals surface area contributed by atoms with Crippen LogP contribution in [-0.2, 0) is 0 Å². The second kappa shape index (κ2) is 20.7. The highest BCUT2D eigenvalue weighted by atomic mass is 32.2. The van der Waals surface area contributed by atoms with E-state index in [0.717, 1.165) is 11.3 Å². The molecule has 0 atom stereocenters. The van der Waals surface area contributed by atoms with E-state index in [1.165, 1.54) is 101 Å². The van der Waals surface area contributed by atoms with Crippen LogP contribution < -0.4 is 9.47 Å². The lowest BCUT2D eigenvalue weighted by Gasteiger charge is -2.09. The lowest BCUT2D eigenvalue weighted by molar-refractivity contribution is 0.104. The molecular weight excluding hydrogens is 488 g/mol. The number of methoxy groups -OCH3 is 2. The first kappa shape index (κ1) is 32.0. The molecule has 2 aromatic rings. The number of carbonyl (C=O) groups excluding carboxylic acids is 1. The number of hydrogen-bond donors (Lipinski definition) is 0. The Morgan fingerprint density at radius 2 is 1.26 bits per heavy atom. The van der Waals surface area contributed by atoms with Gasteiger partial charge in [-0.3, -0.25) is 4.79 Å². The van der Waals surface area contributed by atoms with Gasteiger partial charge in [-0.25, -0.2) is 0 Å². The van der Waals surface area contributed by atoms with E-state index in [0.29, 0.717) is 17.1 Å². The number of rotatable bonds is 22. The summed E-state index contributed by atoms with van der Waals surface area (Å²) < 4.78 is 10.8. The van der Waals surface area contributed by atoms with Crippen LogP contribution in [0.15, 0.2) is 53.4 Å². The number of benzene rings is 2. The molecule has 0 amide bonds. The monoisotopic (exact) mass is 538 g/mol. The Labute approximate surface area is 236 Å². The van der Waals surface area contributed by atoms with Crippen molar-refractivity contribution in [3.8, 4) is 11.5 Å². The first-order valence-electron chi connectivity index (χ1n) is 14.9. The molecule has 0 fully saturated rings. The predicted octanol–water partition coefficient (Wildman–Crippen LogP) is 10.6. The first-order chi connectivity index (χ1) is 18.7. The second-order valence-corrected chi connectivity index (χ2v) is 11.3. The summed E-state index contributed by atoms with van der Waals surface area (Å²) in [5.41, 5.74) is 1.51. The SMILES string of the molecule is CCCCCCCCCCCCCCCCCSc1ccc(C(=O)/C=C/c2cccc(OC)c2OC)cc1. The minimum Gasteiger partial charge on any atom is -0.493 e. The Hall–Kier alpha value is -2.20. The van der Waals surface area contributed by atoms with Gasteiger partial charge in [0.05, 0.1) is 14.2 Å². The summed E-state index contributed by atoms with van der Waals surface area (Å²) in [6, 6.07) is 13.6. The molecule has 3 nitrogen and oxygen atoms in total.